The Kier molecular flexibility index (Phi) is 6.95. The van der Waals surface area contributed by atoms with E-state index in [2.05, 4.69) is 33.8 Å². The molecule has 236 valence electrons. The lowest BCUT2D eigenvalue weighted by atomic mass is 9.90. The number of benzene rings is 2. The van der Waals surface area contributed by atoms with Crippen LogP contribution >= 0.6 is 11.3 Å². The van der Waals surface area contributed by atoms with Crippen LogP contribution < -0.4 is 14.9 Å². The van der Waals surface area contributed by atoms with Crippen molar-refractivity contribution in [3.05, 3.63) is 65.9 Å². The van der Waals surface area contributed by atoms with Crippen molar-refractivity contribution >= 4 is 48.0 Å². The molecule has 2 N–H and O–H groups in total. The summed E-state index contributed by atoms with van der Waals surface area (Å²) >= 11 is 1.34. The van der Waals surface area contributed by atoms with E-state index in [0.717, 1.165) is 19.0 Å². The van der Waals surface area contributed by atoms with Gasteiger partial charge in [-0.25, -0.2) is 40.6 Å². The number of halogens is 2. The summed E-state index contributed by atoms with van der Waals surface area (Å²) in [5, 5.41) is 3.93. The molecule has 1 aliphatic carbocycles. The van der Waals surface area contributed by atoms with Gasteiger partial charge in [-0.3, -0.25) is 4.72 Å². The first-order valence-electron chi connectivity index (χ1n) is 14.4. The van der Waals surface area contributed by atoms with Crippen molar-refractivity contribution in [2.24, 2.45) is 11.8 Å². The maximum atomic E-state index is 16.2. The summed E-state index contributed by atoms with van der Waals surface area (Å²) in [5.74, 6) is -1.09. The highest BCUT2D eigenvalue weighted by atomic mass is 32.2. The Morgan fingerprint density at radius 2 is 1.78 bits per heavy atom. The second kappa shape index (κ2) is 10.4. The lowest BCUT2D eigenvalue weighted by Gasteiger charge is -2.48. The minimum absolute atomic E-state index is 0.0256. The van der Waals surface area contributed by atoms with Crippen LogP contribution in [0, 0.1) is 30.4 Å². The van der Waals surface area contributed by atoms with Gasteiger partial charge in [-0.15, -0.1) is 0 Å². The molecule has 3 fully saturated rings. The standard InChI is InChI=1S/C30H30F2N6O4S3/c1-16-6-4-8-20(31)27(16)45(41,42)37-21-9-5-7-17(23(21)32)25-26(43-29(36-25)38-13-11-30(38,2)3)22-10-12-33-28(34-22)35-24-18-14-44(39,40)15-19(18)24/h4-10,12,18-19,24,37H,11,13-15H2,1-3H3,(H,33,34,35)/t18-,19+,24-. The Morgan fingerprint density at radius 1 is 1.04 bits per heavy atom. The Balaban J connectivity index is 1.26. The molecule has 2 saturated heterocycles. The number of nitrogens with one attached hydrogen (secondary N) is 2. The van der Waals surface area contributed by atoms with Crippen LogP contribution in [0.3, 0.4) is 0 Å². The Morgan fingerprint density at radius 3 is 2.44 bits per heavy atom. The zero-order valence-electron chi connectivity index (χ0n) is 24.6. The van der Waals surface area contributed by atoms with Gasteiger partial charge >= 0.3 is 0 Å². The van der Waals surface area contributed by atoms with Gasteiger partial charge in [0, 0.05) is 29.9 Å². The summed E-state index contributed by atoms with van der Waals surface area (Å²) in [6.45, 7) is 6.43. The van der Waals surface area contributed by atoms with Crippen molar-refractivity contribution in [1.82, 2.24) is 15.0 Å². The van der Waals surface area contributed by atoms with E-state index >= 15 is 4.39 Å². The smallest absolute Gasteiger partial charge is 0.265 e. The summed E-state index contributed by atoms with van der Waals surface area (Å²) in [6.07, 6.45) is 2.54. The van der Waals surface area contributed by atoms with E-state index in [4.69, 9.17) is 9.97 Å². The number of anilines is 3. The van der Waals surface area contributed by atoms with Crippen molar-refractivity contribution in [3.63, 3.8) is 0 Å². The van der Waals surface area contributed by atoms with Crippen LogP contribution in [-0.4, -0.2) is 61.4 Å². The number of thiazole rings is 1. The SMILES string of the molecule is Cc1cccc(F)c1S(=O)(=O)Nc1cccc(-c2nc(N3CCC3(C)C)sc2-c2ccnc(N[C@@H]3[C@@H]4CS(=O)(=O)C[C@@H]43)n2)c1F. The first-order valence-corrected chi connectivity index (χ1v) is 18.5. The van der Waals surface area contributed by atoms with Crippen molar-refractivity contribution in [2.75, 3.05) is 33.0 Å². The van der Waals surface area contributed by atoms with Gasteiger partial charge in [0.15, 0.2) is 20.8 Å². The molecule has 3 atom stereocenters. The van der Waals surface area contributed by atoms with Crippen molar-refractivity contribution in [3.8, 4) is 21.8 Å². The lowest BCUT2D eigenvalue weighted by molar-refractivity contribution is 0.332. The molecule has 7 rings (SSSR count). The van der Waals surface area contributed by atoms with E-state index in [-0.39, 0.29) is 57.4 Å². The maximum Gasteiger partial charge on any atom is 0.265 e. The van der Waals surface area contributed by atoms with Gasteiger partial charge in [-0.1, -0.05) is 29.5 Å². The molecule has 2 aromatic carbocycles. The number of nitrogens with zero attached hydrogens (tertiary/aromatic N) is 4. The van der Waals surface area contributed by atoms with Crippen molar-refractivity contribution < 1.29 is 25.6 Å². The summed E-state index contributed by atoms with van der Waals surface area (Å²) in [4.78, 5) is 16.0. The van der Waals surface area contributed by atoms with Gasteiger partial charge < -0.3 is 10.2 Å². The molecule has 2 aromatic heterocycles. The quantitative estimate of drug-likeness (QED) is 0.262. The van der Waals surface area contributed by atoms with E-state index in [0.29, 0.717) is 21.7 Å². The number of hydrogen-bond donors (Lipinski definition) is 2. The molecule has 15 heteroatoms. The van der Waals surface area contributed by atoms with Crippen LogP contribution in [0.4, 0.5) is 25.5 Å². The predicted molar refractivity (Wildman–Crippen MR) is 170 cm³/mol. The molecule has 0 radical (unpaired) electrons. The average Bonchev–Trinajstić information content (AvgIpc) is 3.26. The largest absolute Gasteiger partial charge is 0.351 e. The highest BCUT2D eigenvalue weighted by Crippen LogP contribution is 2.49. The molecular weight excluding hydrogens is 643 g/mol. The first-order chi connectivity index (χ1) is 21.2. The summed E-state index contributed by atoms with van der Waals surface area (Å²) in [5.41, 5.74) is 0.495. The van der Waals surface area contributed by atoms with E-state index in [9.17, 15) is 21.2 Å². The lowest BCUT2D eigenvalue weighted by Crippen LogP contribution is -2.56. The van der Waals surface area contributed by atoms with Gasteiger partial charge in [0.25, 0.3) is 10.0 Å². The minimum atomic E-state index is -4.46. The first kappa shape index (κ1) is 30.0. The fraction of sp³-hybridized carbons (Fsp3) is 0.367. The Bertz CT molecular complexity index is 2030. The molecular formula is C30H30F2N6O4S3. The van der Waals surface area contributed by atoms with E-state index in [1.165, 1.54) is 48.6 Å². The zero-order chi connectivity index (χ0) is 31.9. The molecule has 0 unspecified atom stereocenters. The molecule has 10 nitrogen and oxygen atoms in total. The molecule has 0 amide bonds. The van der Waals surface area contributed by atoms with Gasteiger partial charge in [-0.05, 0) is 68.9 Å². The topological polar surface area (TPSA) is 134 Å². The number of rotatable bonds is 8. The zero-order valence-corrected chi connectivity index (χ0v) is 27.0. The van der Waals surface area contributed by atoms with Crippen LogP contribution in [0.15, 0.2) is 53.6 Å². The summed E-state index contributed by atoms with van der Waals surface area (Å²) < 4.78 is 83.2. The fourth-order valence-corrected chi connectivity index (χ4v) is 11.0. The molecule has 4 heterocycles. The number of fused-ring (bicyclic) bond motifs is 1. The van der Waals surface area contributed by atoms with E-state index in [1.807, 2.05) is 0 Å². The maximum absolute atomic E-state index is 16.2. The van der Waals surface area contributed by atoms with Crippen LogP contribution in [0.2, 0.25) is 0 Å². The third kappa shape index (κ3) is 5.33. The third-order valence-electron chi connectivity index (χ3n) is 8.86. The van der Waals surface area contributed by atoms with Crippen LogP contribution in [0.5, 0.6) is 0 Å². The predicted octanol–water partition coefficient (Wildman–Crippen LogP) is 5.10. The number of sulfone groups is 1. The average molecular weight is 673 g/mol. The molecule has 1 saturated carbocycles. The monoisotopic (exact) mass is 672 g/mol. The second-order valence-electron chi connectivity index (χ2n) is 12.4. The highest BCUT2D eigenvalue weighted by molar-refractivity contribution is 7.92. The molecule has 45 heavy (non-hydrogen) atoms. The normalized spacial score (nSPS) is 22.9. The summed E-state index contributed by atoms with van der Waals surface area (Å²) in [7, 11) is -7.46. The highest BCUT2D eigenvalue weighted by Gasteiger charge is 2.59. The number of aromatic nitrogens is 3. The Labute approximate surface area is 263 Å². The number of aryl methyl sites for hydroxylation is 1. The molecule has 0 spiro atoms. The Hall–Kier alpha value is -3.69. The van der Waals surface area contributed by atoms with E-state index < -0.39 is 36.4 Å². The number of hydrogen-bond acceptors (Lipinski definition) is 10. The van der Waals surface area contributed by atoms with Crippen LogP contribution in [0.1, 0.15) is 25.8 Å². The summed E-state index contributed by atoms with van der Waals surface area (Å²) in [6, 6.07) is 9.87. The van der Waals surface area contributed by atoms with Crippen LogP contribution in [-0.2, 0) is 19.9 Å². The number of sulfonamides is 1. The van der Waals surface area contributed by atoms with Crippen molar-refractivity contribution in [1.29, 1.82) is 0 Å². The van der Waals surface area contributed by atoms with Crippen LogP contribution in [0.25, 0.3) is 21.8 Å². The molecule has 0 bridgehead atoms. The fourth-order valence-electron chi connectivity index (χ4n) is 6.22. The van der Waals surface area contributed by atoms with Gasteiger partial charge in [0.2, 0.25) is 5.95 Å². The minimum Gasteiger partial charge on any atom is -0.351 e. The van der Waals surface area contributed by atoms with Gasteiger partial charge in [0.05, 0.1) is 33.5 Å². The molecule has 3 aliphatic rings. The third-order valence-corrected chi connectivity index (χ3v) is 13.3. The van der Waals surface area contributed by atoms with E-state index in [1.54, 1.807) is 12.3 Å². The van der Waals surface area contributed by atoms with Crippen molar-refractivity contribution in [2.45, 2.75) is 43.7 Å². The second-order valence-corrected chi connectivity index (χ2v) is 17.1. The molecule has 2 aliphatic heterocycles. The molecule has 4 aromatic rings. The van der Waals surface area contributed by atoms with Gasteiger partial charge in [-0.2, -0.15) is 0 Å². The van der Waals surface area contributed by atoms with Gasteiger partial charge in [0.1, 0.15) is 10.7 Å².